The highest BCUT2D eigenvalue weighted by atomic mass is 32.2. The van der Waals surface area contributed by atoms with E-state index in [0.29, 0.717) is 18.0 Å². The van der Waals surface area contributed by atoms with Gasteiger partial charge in [-0.2, -0.15) is 4.31 Å². The Morgan fingerprint density at radius 3 is 2.53 bits per heavy atom. The third-order valence-corrected chi connectivity index (χ3v) is 4.54. The van der Waals surface area contributed by atoms with Crippen molar-refractivity contribution in [1.82, 2.24) is 4.31 Å². The van der Waals surface area contributed by atoms with Crippen molar-refractivity contribution in [2.24, 2.45) is 0 Å². The molecule has 0 spiro atoms. The molecule has 0 fully saturated rings. The Bertz CT molecular complexity index is 480. The SMILES string of the molecule is C=CCN(CCC)S(=O)(=O)c1ccccc1C. The molecule has 0 amide bonds. The van der Waals surface area contributed by atoms with Crippen molar-refractivity contribution in [3.63, 3.8) is 0 Å². The molecule has 0 aliphatic carbocycles. The van der Waals surface area contributed by atoms with E-state index in [-0.39, 0.29) is 0 Å². The van der Waals surface area contributed by atoms with Crippen LogP contribution < -0.4 is 0 Å². The highest BCUT2D eigenvalue weighted by Gasteiger charge is 2.23. The minimum atomic E-state index is -3.39. The zero-order valence-electron chi connectivity index (χ0n) is 10.4. The molecule has 0 aromatic heterocycles. The van der Waals surface area contributed by atoms with Crippen molar-refractivity contribution in [2.75, 3.05) is 13.1 Å². The average Bonchev–Trinajstić information content (AvgIpc) is 2.29. The number of sulfonamides is 1. The molecule has 0 saturated carbocycles. The first-order valence-corrected chi connectivity index (χ1v) is 7.14. The van der Waals surface area contributed by atoms with Gasteiger partial charge in [-0.05, 0) is 25.0 Å². The van der Waals surface area contributed by atoms with Gasteiger partial charge in [-0.25, -0.2) is 8.42 Å². The van der Waals surface area contributed by atoms with Crippen molar-refractivity contribution >= 4 is 10.0 Å². The molecule has 94 valence electrons. The molecular formula is C13H19NO2S. The maximum atomic E-state index is 12.4. The van der Waals surface area contributed by atoms with E-state index in [1.807, 2.05) is 26.0 Å². The molecule has 0 saturated heterocycles. The van der Waals surface area contributed by atoms with Gasteiger partial charge in [0.15, 0.2) is 0 Å². The number of hydrogen-bond donors (Lipinski definition) is 0. The van der Waals surface area contributed by atoms with E-state index >= 15 is 0 Å². The van der Waals surface area contributed by atoms with Gasteiger partial charge in [0.05, 0.1) is 4.90 Å². The van der Waals surface area contributed by atoms with Gasteiger partial charge in [0.2, 0.25) is 10.0 Å². The fourth-order valence-corrected chi connectivity index (χ4v) is 3.42. The van der Waals surface area contributed by atoms with Crippen molar-refractivity contribution in [3.05, 3.63) is 42.5 Å². The van der Waals surface area contributed by atoms with Gasteiger partial charge in [-0.15, -0.1) is 6.58 Å². The fourth-order valence-electron chi connectivity index (χ4n) is 1.69. The lowest BCUT2D eigenvalue weighted by molar-refractivity contribution is 0.441. The molecule has 1 aromatic rings. The Morgan fingerprint density at radius 2 is 2.00 bits per heavy atom. The average molecular weight is 253 g/mol. The summed E-state index contributed by atoms with van der Waals surface area (Å²) in [5, 5.41) is 0. The topological polar surface area (TPSA) is 37.4 Å². The Labute approximate surface area is 104 Å². The second kappa shape index (κ2) is 5.98. The summed E-state index contributed by atoms with van der Waals surface area (Å²) in [5.41, 5.74) is 0.776. The number of benzene rings is 1. The van der Waals surface area contributed by atoms with Gasteiger partial charge >= 0.3 is 0 Å². The molecule has 0 aliphatic heterocycles. The molecule has 3 nitrogen and oxygen atoms in total. The summed E-state index contributed by atoms with van der Waals surface area (Å²) in [6, 6.07) is 7.05. The van der Waals surface area contributed by atoms with Crippen LogP contribution in [-0.2, 0) is 10.0 Å². The highest BCUT2D eigenvalue weighted by molar-refractivity contribution is 7.89. The molecule has 4 heteroatoms. The van der Waals surface area contributed by atoms with Crippen molar-refractivity contribution in [3.8, 4) is 0 Å². The van der Waals surface area contributed by atoms with Crippen LogP contribution in [0.5, 0.6) is 0 Å². The third-order valence-electron chi connectivity index (χ3n) is 2.52. The predicted molar refractivity (Wildman–Crippen MR) is 70.4 cm³/mol. The quantitative estimate of drug-likeness (QED) is 0.731. The molecule has 0 bridgehead atoms. The Kier molecular flexibility index (Phi) is 4.90. The summed E-state index contributed by atoms with van der Waals surface area (Å²) in [4.78, 5) is 0.385. The maximum Gasteiger partial charge on any atom is 0.243 e. The summed E-state index contributed by atoms with van der Waals surface area (Å²) >= 11 is 0. The number of rotatable bonds is 6. The van der Waals surface area contributed by atoms with E-state index < -0.39 is 10.0 Å². The van der Waals surface area contributed by atoms with Gasteiger partial charge in [0.25, 0.3) is 0 Å². The van der Waals surface area contributed by atoms with E-state index in [0.717, 1.165) is 12.0 Å². The molecule has 0 heterocycles. The van der Waals surface area contributed by atoms with Gasteiger partial charge in [-0.3, -0.25) is 0 Å². The summed E-state index contributed by atoms with van der Waals surface area (Å²) in [7, 11) is -3.39. The van der Waals surface area contributed by atoms with Crippen LogP contribution in [0.25, 0.3) is 0 Å². The summed E-state index contributed by atoms with van der Waals surface area (Å²) in [5.74, 6) is 0. The normalized spacial score (nSPS) is 11.7. The van der Waals surface area contributed by atoms with Gasteiger partial charge in [-0.1, -0.05) is 31.2 Å². The van der Waals surface area contributed by atoms with E-state index in [9.17, 15) is 8.42 Å². The first-order chi connectivity index (χ1) is 8.04. The number of aryl methyl sites for hydroxylation is 1. The molecule has 0 aliphatic rings. The number of nitrogens with zero attached hydrogens (tertiary/aromatic N) is 1. The molecular weight excluding hydrogens is 234 g/mol. The van der Waals surface area contributed by atoms with Crippen LogP contribution >= 0.6 is 0 Å². The summed E-state index contributed by atoms with van der Waals surface area (Å²) in [6.07, 6.45) is 2.41. The largest absolute Gasteiger partial charge is 0.243 e. The maximum absolute atomic E-state index is 12.4. The third kappa shape index (κ3) is 3.17. The zero-order valence-corrected chi connectivity index (χ0v) is 11.2. The summed E-state index contributed by atoms with van der Waals surface area (Å²) in [6.45, 7) is 8.25. The van der Waals surface area contributed by atoms with E-state index in [4.69, 9.17) is 0 Å². The van der Waals surface area contributed by atoms with Crippen molar-refractivity contribution in [1.29, 1.82) is 0 Å². The monoisotopic (exact) mass is 253 g/mol. The molecule has 1 rings (SSSR count). The van der Waals surface area contributed by atoms with Gasteiger partial charge in [0.1, 0.15) is 0 Å². The first kappa shape index (κ1) is 13.9. The molecule has 0 N–H and O–H groups in total. The molecule has 0 unspecified atom stereocenters. The van der Waals surface area contributed by atoms with E-state index in [1.165, 1.54) is 4.31 Å². The van der Waals surface area contributed by atoms with Crippen LogP contribution in [0.1, 0.15) is 18.9 Å². The Morgan fingerprint density at radius 1 is 1.35 bits per heavy atom. The second-order valence-electron chi connectivity index (χ2n) is 3.92. The predicted octanol–water partition coefficient (Wildman–Crippen LogP) is 2.58. The van der Waals surface area contributed by atoms with Crippen molar-refractivity contribution < 1.29 is 8.42 Å². The minimum Gasteiger partial charge on any atom is -0.207 e. The lowest BCUT2D eigenvalue weighted by Crippen LogP contribution is -2.32. The van der Waals surface area contributed by atoms with E-state index in [2.05, 4.69) is 6.58 Å². The lowest BCUT2D eigenvalue weighted by Gasteiger charge is -2.21. The highest BCUT2D eigenvalue weighted by Crippen LogP contribution is 2.19. The zero-order chi connectivity index (χ0) is 12.9. The number of hydrogen-bond acceptors (Lipinski definition) is 2. The Hall–Kier alpha value is -1.13. The molecule has 0 radical (unpaired) electrons. The molecule has 1 aromatic carbocycles. The second-order valence-corrected chi connectivity index (χ2v) is 5.82. The standard InChI is InChI=1S/C13H19NO2S/c1-4-10-14(11-5-2)17(15,16)13-9-7-6-8-12(13)3/h4,6-9H,1,5,10-11H2,2-3H3. The lowest BCUT2D eigenvalue weighted by atomic mass is 10.2. The van der Waals surface area contributed by atoms with Crippen LogP contribution in [0.2, 0.25) is 0 Å². The van der Waals surface area contributed by atoms with Crippen LogP contribution in [-0.4, -0.2) is 25.8 Å². The van der Waals surface area contributed by atoms with Crippen LogP contribution in [0.15, 0.2) is 41.8 Å². The molecule has 0 atom stereocenters. The van der Waals surface area contributed by atoms with E-state index in [1.54, 1.807) is 18.2 Å². The Balaban J connectivity index is 3.16. The van der Waals surface area contributed by atoms with Crippen LogP contribution in [0.4, 0.5) is 0 Å². The first-order valence-electron chi connectivity index (χ1n) is 5.70. The van der Waals surface area contributed by atoms with Gasteiger partial charge in [0, 0.05) is 13.1 Å². The van der Waals surface area contributed by atoms with Gasteiger partial charge < -0.3 is 0 Å². The minimum absolute atomic E-state index is 0.352. The van der Waals surface area contributed by atoms with Crippen molar-refractivity contribution in [2.45, 2.75) is 25.2 Å². The smallest absolute Gasteiger partial charge is 0.207 e. The fraction of sp³-hybridized carbons (Fsp3) is 0.385. The van der Waals surface area contributed by atoms with Crippen LogP contribution in [0, 0.1) is 6.92 Å². The summed E-state index contributed by atoms with van der Waals surface area (Å²) < 4.78 is 26.3. The molecule has 17 heavy (non-hydrogen) atoms. The van der Waals surface area contributed by atoms with Crippen LogP contribution in [0.3, 0.4) is 0 Å².